The van der Waals surface area contributed by atoms with Crippen LogP contribution in [0, 0.1) is 5.92 Å². The summed E-state index contributed by atoms with van der Waals surface area (Å²) in [4.78, 5) is 13.3. The van der Waals surface area contributed by atoms with Crippen LogP contribution in [0.1, 0.15) is 32.1 Å². The number of nitrogens with zero attached hydrogens (tertiary/aromatic N) is 1. The molecule has 2 N–H and O–H groups in total. The van der Waals surface area contributed by atoms with Crippen LogP contribution in [0.15, 0.2) is 0 Å². The van der Waals surface area contributed by atoms with Crippen molar-refractivity contribution < 1.29 is 9.53 Å². The Hall–Kier alpha value is -0.770. The van der Waals surface area contributed by atoms with E-state index in [2.05, 4.69) is 0 Å². The molecule has 0 radical (unpaired) electrons. The Bertz CT molecular complexity index is 229. The van der Waals surface area contributed by atoms with Crippen LogP contribution in [0.25, 0.3) is 0 Å². The predicted molar refractivity (Wildman–Crippen MR) is 57.5 cm³/mol. The van der Waals surface area contributed by atoms with Crippen LogP contribution in [-0.4, -0.2) is 36.7 Å². The number of hydrogen-bond donors (Lipinski definition) is 1. The highest BCUT2D eigenvalue weighted by Crippen LogP contribution is 2.32. The van der Waals surface area contributed by atoms with Crippen molar-refractivity contribution in [2.75, 3.05) is 19.7 Å². The molecule has 2 fully saturated rings. The van der Waals surface area contributed by atoms with Gasteiger partial charge in [0.1, 0.15) is 0 Å². The fraction of sp³-hybridized carbons (Fsp3) is 0.909. The maximum Gasteiger partial charge on any atom is 0.409 e. The molecule has 1 saturated carbocycles. The van der Waals surface area contributed by atoms with Gasteiger partial charge in [0.25, 0.3) is 0 Å². The van der Waals surface area contributed by atoms with Gasteiger partial charge in [0.05, 0.1) is 6.61 Å². The highest BCUT2D eigenvalue weighted by molar-refractivity contribution is 5.67. The summed E-state index contributed by atoms with van der Waals surface area (Å²) in [6.45, 7) is 2.04. The van der Waals surface area contributed by atoms with Crippen molar-refractivity contribution in [3.63, 3.8) is 0 Å². The third-order valence-electron chi connectivity index (χ3n) is 3.16. The lowest BCUT2D eigenvalue weighted by Gasteiger charge is -2.29. The molecule has 2 aliphatic rings. The molecule has 15 heavy (non-hydrogen) atoms. The number of hydrogen-bond acceptors (Lipinski definition) is 3. The van der Waals surface area contributed by atoms with Gasteiger partial charge in [0.2, 0.25) is 0 Å². The van der Waals surface area contributed by atoms with E-state index in [1.807, 2.05) is 0 Å². The van der Waals surface area contributed by atoms with Gasteiger partial charge in [-0.1, -0.05) is 12.8 Å². The molecule has 1 aliphatic heterocycles. The van der Waals surface area contributed by atoms with Gasteiger partial charge in [0, 0.05) is 19.1 Å². The van der Waals surface area contributed by atoms with Crippen molar-refractivity contribution >= 4 is 6.09 Å². The number of piperidine rings is 1. The number of amides is 1. The van der Waals surface area contributed by atoms with E-state index >= 15 is 0 Å². The van der Waals surface area contributed by atoms with E-state index in [1.54, 1.807) is 4.90 Å². The summed E-state index contributed by atoms with van der Waals surface area (Å²) in [5.41, 5.74) is 5.80. The molecule has 1 amide bonds. The van der Waals surface area contributed by atoms with Crippen LogP contribution in [-0.2, 0) is 4.74 Å². The van der Waals surface area contributed by atoms with Crippen molar-refractivity contribution in [2.45, 2.75) is 38.1 Å². The van der Waals surface area contributed by atoms with E-state index in [0.29, 0.717) is 13.2 Å². The monoisotopic (exact) mass is 212 g/mol. The van der Waals surface area contributed by atoms with Crippen molar-refractivity contribution in [3.8, 4) is 0 Å². The third kappa shape index (κ3) is 3.38. The second-order valence-corrected chi connectivity index (χ2v) is 4.69. The highest BCUT2D eigenvalue weighted by Gasteiger charge is 2.24. The number of ether oxygens (including phenoxy) is 1. The minimum atomic E-state index is -0.175. The zero-order chi connectivity index (χ0) is 10.7. The fourth-order valence-electron chi connectivity index (χ4n) is 1.99. The van der Waals surface area contributed by atoms with Gasteiger partial charge < -0.3 is 15.4 Å². The maximum absolute atomic E-state index is 11.6. The SMILES string of the molecule is N[C@H]1CCCN(C(=O)OCCC2CC2)C1. The average Bonchev–Trinajstić information content (AvgIpc) is 3.01. The van der Waals surface area contributed by atoms with E-state index in [0.717, 1.165) is 31.7 Å². The Labute approximate surface area is 90.8 Å². The first-order chi connectivity index (χ1) is 7.25. The minimum Gasteiger partial charge on any atom is -0.449 e. The van der Waals surface area contributed by atoms with Crippen LogP contribution in [0.5, 0.6) is 0 Å². The molecule has 0 unspecified atom stereocenters. The lowest BCUT2D eigenvalue weighted by atomic mass is 10.1. The quantitative estimate of drug-likeness (QED) is 0.768. The summed E-state index contributed by atoms with van der Waals surface area (Å²) in [6, 6.07) is 0.134. The van der Waals surface area contributed by atoms with Gasteiger partial charge in [-0.15, -0.1) is 0 Å². The molecule has 2 rings (SSSR count). The Morgan fingerprint density at radius 2 is 2.20 bits per heavy atom. The van der Waals surface area contributed by atoms with Crippen LogP contribution >= 0.6 is 0 Å². The molecule has 1 aliphatic carbocycles. The Balaban J connectivity index is 1.64. The van der Waals surface area contributed by atoms with E-state index in [-0.39, 0.29) is 12.1 Å². The summed E-state index contributed by atoms with van der Waals surface area (Å²) >= 11 is 0. The number of carbonyl (C=O) groups is 1. The Morgan fingerprint density at radius 3 is 2.87 bits per heavy atom. The van der Waals surface area contributed by atoms with Gasteiger partial charge in [-0.2, -0.15) is 0 Å². The molecule has 0 aromatic heterocycles. The molecule has 0 spiro atoms. The maximum atomic E-state index is 11.6. The standard InChI is InChI=1S/C11H20N2O2/c12-10-2-1-6-13(8-10)11(14)15-7-5-9-3-4-9/h9-10H,1-8,12H2/t10-/m0/s1. The second kappa shape index (κ2) is 4.84. The normalized spacial score (nSPS) is 26.5. The predicted octanol–water partition coefficient (Wildman–Crippen LogP) is 1.35. The Kier molecular flexibility index (Phi) is 3.46. The van der Waals surface area contributed by atoms with E-state index in [4.69, 9.17) is 10.5 Å². The van der Waals surface area contributed by atoms with Crippen molar-refractivity contribution in [2.24, 2.45) is 11.7 Å². The number of rotatable bonds is 3. The third-order valence-corrected chi connectivity index (χ3v) is 3.16. The summed E-state index contributed by atoms with van der Waals surface area (Å²) in [5, 5.41) is 0. The van der Waals surface area contributed by atoms with Crippen LogP contribution in [0.4, 0.5) is 4.79 Å². The molecule has 4 nitrogen and oxygen atoms in total. The molecular weight excluding hydrogens is 192 g/mol. The van der Waals surface area contributed by atoms with E-state index in [9.17, 15) is 4.79 Å². The van der Waals surface area contributed by atoms with Gasteiger partial charge in [-0.05, 0) is 25.2 Å². The zero-order valence-electron chi connectivity index (χ0n) is 9.15. The lowest BCUT2D eigenvalue weighted by molar-refractivity contribution is 0.0897. The van der Waals surface area contributed by atoms with Crippen LogP contribution < -0.4 is 5.73 Å². The van der Waals surface area contributed by atoms with Crippen molar-refractivity contribution in [1.82, 2.24) is 4.90 Å². The van der Waals surface area contributed by atoms with E-state index in [1.165, 1.54) is 12.8 Å². The molecule has 1 atom stereocenters. The summed E-state index contributed by atoms with van der Waals surface area (Å²) in [5.74, 6) is 0.821. The van der Waals surface area contributed by atoms with E-state index < -0.39 is 0 Å². The largest absolute Gasteiger partial charge is 0.449 e. The highest BCUT2D eigenvalue weighted by atomic mass is 16.6. The zero-order valence-corrected chi connectivity index (χ0v) is 9.15. The Morgan fingerprint density at radius 1 is 1.40 bits per heavy atom. The smallest absolute Gasteiger partial charge is 0.409 e. The van der Waals surface area contributed by atoms with Gasteiger partial charge in [0.15, 0.2) is 0 Å². The summed E-state index contributed by atoms with van der Waals surface area (Å²) < 4.78 is 5.21. The second-order valence-electron chi connectivity index (χ2n) is 4.69. The number of likely N-dealkylation sites (tertiary alicyclic amines) is 1. The minimum absolute atomic E-state index is 0.134. The molecule has 1 heterocycles. The molecule has 0 bridgehead atoms. The summed E-state index contributed by atoms with van der Waals surface area (Å²) in [7, 11) is 0. The first-order valence-corrected chi connectivity index (χ1v) is 5.93. The molecule has 0 aromatic rings. The number of carbonyl (C=O) groups excluding carboxylic acids is 1. The van der Waals surface area contributed by atoms with Crippen molar-refractivity contribution in [1.29, 1.82) is 0 Å². The summed E-state index contributed by atoms with van der Waals surface area (Å²) in [6.07, 6.45) is 5.50. The van der Waals surface area contributed by atoms with Crippen LogP contribution in [0.2, 0.25) is 0 Å². The molecule has 1 saturated heterocycles. The van der Waals surface area contributed by atoms with Crippen LogP contribution in [0.3, 0.4) is 0 Å². The van der Waals surface area contributed by atoms with Gasteiger partial charge >= 0.3 is 6.09 Å². The van der Waals surface area contributed by atoms with Gasteiger partial charge in [-0.25, -0.2) is 4.79 Å². The molecule has 0 aromatic carbocycles. The fourth-order valence-corrected chi connectivity index (χ4v) is 1.99. The van der Waals surface area contributed by atoms with Crippen molar-refractivity contribution in [3.05, 3.63) is 0 Å². The first kappa shape index (κ1) is 10.7. The van der Waals surface area contributed by atoms with Gasteiger partial charge in [-0.3, -0.25) is 0 Å². The average molecular weight is 212 g/mol. The lowest BCUT2D eigenvalue weighted by Crippen LogP contribution is -2.46. The molecule has 4 heteroatoms. The first-order valence-electron chi connectivity index (χ1n) is 5.93. The number of nitrogens with two attached hydrogens (primary N) is 1. The molecular formula is C11H20N2O2. The topological polar surface area (TPSA) is 55.6 Å². The molecule has 86 valence electrons.